The van der Waals surface area contributed by atoms with E-state index >= 15 is 0 Å². The molecule has 1 aromatic rings. The van der Waals surface area contributed by atoms with Gasteiger partial charge in [0.15, 0.2) is 11.6 Å². The molecule has 1 saturated heterocycles. The fraction of sp³-hybridized carbons (Fsp3) is 0.222. The monoisotopic (exact) mass is 198 g/mol. The summed E-state index contributed by atoms with van der Waals surface area (Å²) in [7, 11) is 0. The average Bonchev–Trinajstić information content (AvgIpc) is 2.57. The lowest BCUT2D eigenvalue weighted by Gasteiger charge is -2.14. The third-order valence-electron chi connectivity index (χ3n) is 2.08. The van der Waals surface area contributed by atoms with Gasteiger partial charge in [-0.1, -0.05) is 6.07 Å². The van der Waals surface area contributed by atoms with Gasteiger partial charge in [-0.25, -0.2) is 13.6 Å². The molecule has 0 saturated carbocycles. The van der Waals surface area contributed by atoms with E-state index in [0.717, 1.165) is 6.07 Å². The molecule has 0 spiro atoms. The zero-order valence-corrected chi connectivity index (χ0v) is 7.26. The summed E-state index contributed by atoms with van der Waals surface area (Å²) in [4.78, 5) is 12.3. The maximum atomic E-state index is 13.2. The van der Waals surface area contributed by atoms with Crippen molar-refractivity contribution in [1.82, 2.24) is 5.32 Å². The fourth-order valence-corrected chi connectivity index (χ4v) is 1.40. The quantitative estimate of drug-likeness (QED) is 0.728. The Bertz CT molecular complexity index is 381. The SMILES string of the molecule is O=C1NCCN1c1cccc(F)c1F. The molecule has 0 radical (unpaired) electrons. The largest absolute Gasteiger partial charge is 0.336 e. The predicted molar refractivity (Wildman–Crippen MR) is 47.1 cm³/mol. The van der Waals surface area contributed by atoms with Crippen LogP contribution in [-0.2, 0) is 0 Å². The first kappa shape index (κ1) is 8.93. The van der Waals surface area contributed by atoms with Crippen LogP contribution in [0.4, 0.5) is 19.3 Å². The number of hydrogen-bond acceptors (Lipinski definition) is 1. The van der Waals surface area contributed by atoms with Crippen LogP contribution in [0, 0.1) is 11.6 Å². The highest BCUT2D eigenvalue weighted by molar-refractivity contribution is 5.94. The van der Waals surface area contributed by atoms with Gasteiger partial charge in [-0.05, 0) is 12.1 Å². The van der Waals surface area contributed by atoms with Crippen LogP contribution in [0.2, 0.25) is 0 Å². The normalized spacial score (nSPS) is 15.9. The van der Waals surface area contributed by atoms with Crippen molar-refractivity contribution >= 4 is 11.7 Å². The van der Waals surface area contributed by atoms with Crippen molar-refractivity contribution in [3.05, 3.63) is 29.8 Å². The molecule has 74 valence electrons. The van der Waals surface area contributed by atoms with Crippen LogP contribution in [0.15, 0.2) is 18.2 Å². The average molecular weight is 198 g/mol. The van der Waals surface area contributed by atoms with E-state index in [2.05, 4.69) is 5.32 Å². The number of nitrogens with zero attached hydrogens (tertiary/aromatic N) is 1. The summed E-state index contributed by atoms with van der Waals surface area (Å²) in [6.45, 7) is 0.813. The minimum Gasteiger partial charge on any atom is -0.336 e. The maximum Gasteiger partial charge on any atom is 0.322 e. The second kappa shape index (κ2) is 3.25. The first-order chi connectivity index (χ1) is 6.70. The van der Waals surface area contributed by atoms with Crippen molar-refractivity contribution in [1.29, 1.82) is 0 Å². The van der Waals surface area contributed by atoms with Gasteiger partial charge in [-0.3, -0.25) is 4.90 Å². The van der Waals surface area contributed by atoms with Crippen molar-refractivity contribution in [2.24, 2.45) is 0 Å². The molecule has 14 heavy (non-hydrogen) atoms. The lowest BCUT2D eigenvalue weighted by molar-refractivity contribution is 0.252. The van der Waals surface area contributed by atoms with Crippen molar-refractivity contribution in [2.45, 2.75) is 0 Å². The molecule has 1 aliphatic heterocycles. The van der Waals surface area contributed by atoms with Crippen LogP contribution in [0.5, 0.6) is 0 Å². The minimum atomic E-state index is -0.982. The van der Waals surface area contributed by atoms with E-state index in [1.165, 1.54) is 17.0 Å². The summed E-state index contributed by atoms with van der Waals surface area (Å²) >= 11 is 0. The summed E-state index contributed by atoms with van der Waals surface area (Å²) in [6.07, 6.45) is 0. The molecule has 1 heterocycles. The Hall–Kier alpha value is -1.65. The molecule has 5 heteroatoms. The van der Waals surface area contributed by atoms with Crippen LogP contribution >= 0.6 is 0 Å². The Balaban J connectivity index is 2.41. The number of hydrogen-bond donors (Lipinski definition) is 1. The Morgan fingerprint density at radius 3 is 2.79 bits per heavy atom. The van der Waals surface area contributed by atoms with E-state index < -0.39 is 17.7 Å². The summed E-state index contributed by atoms with van der Waals surface area (Å²) in [5, 5.41) is 2.51. The highest BCUT2D eigenvalue weighted by Gasteiger charge is 2.24. The Morgan fingerprint density at radius 2 is 2.14 bits per heavy atom. The van der Waals surface area contributed by atoms with Crippen LogP contribution in [-0.4, -0.2) is 19.1 Å². The number of amides is 2. The lowest BCUT2D eigenvalue weighted by atomic mass is 10.2. The number of carbonyl (C=O) groups is 1. The highest BCUT2D eigenvalue weighted by Crippen LogP contribution is 2.22. The Morgan fingerprint density at radius 1 is 1.36 bits per heavy atom. The van der Waals surface area contributed by atoms with E-state index in [1.54, 1.807) is 0 Å². The molecule has 0 atom stereocenters. The molecule has 1 fully saturated rings. The summed E-state index contributed by atoms with van der Waals surface area (Å²) in [5.74, 6) is -1.92. The van der Waals surface area contributed by atoms with Crippen molar-refractivity contribution in [2.75, 3.05) is 18.0 Å². The zero-order chi connectivity index (χ0) is 10.1. The molecule has 0 aromatic heterocycles. The molecule has 2 amide bonds. The topological polar surface area (TPSA) is 32.3 Å². The molecule has 1 aromatic carbocycles. The highest BCUT2D eigenvalue weighted by atomic mass is 19.2. The zero-order valence-electron chi connectivity index (χ0n) is 7.26. The fourth-order valence-electron chi connectivity index (χ4n) is 1.40. The Kier molecular flexibility index (Phi) is 2.07. The first-order valence-corrected chi connectivity index (χ1v) is 4.19. The predicted octanol–water partition coefficient (Wildman–Crippen LogP) is 1.49. The second-order valence-electron chi connectivity index (χ2n) is 2.96. The van der Waals surface area contributed by atoms with Crippen LogP contribution in [0.1, 0.15) is 0 Å². The van der Waals surface area contributed by atoms with Gasteiger partial charge in [0, 0.05) is 13.1 Å². The van der Waals surface area contributed by atoms with Crippen molar-refractivity contribution in [3.63, 3.8) is 0 Å². The number of benzene rings is 1. The molecule has 0 bridgehead atoms. The number of nitrogens with one attached hydrogen (secondary N) is 1. The van der Waals surface area contributed by atoms with E-state index in [0.29, 0.717) is 13.1 Å². The van der Waals surface area contributed by atoms with Crippen LogP contribution < -0.4 is 10.2 Å². The molecule has 2 rings (SSSR count). The number of halogens is 2. The smallest absolute Gasteiger partial charge is 0.322 e. The van der Waals surface area contributed by atoms with E-state index in [1.807, 2.05) is 0 Å². The van der Waals surface area contributed by atoms with Gasteiger partial charge >= 0.3 is 6.03 Å². The van der Waals surface area contributed by atoms with Gasteiger partial charge in [0.25, 0.3) is 0 Å². The molecule has 3 nitrogen and oxygen atoms in total. The third kappa shape index (κ3) is 1.30. The second-order valence-corrected chi connectivity index (χ2v) is 2.96. The van der Waals surface area contributed by atoms with Gasteiger partial charge in [-0.15, -0.1) is 0 Å². The van der Waals surface area contributed by atoms with E-state index in [4.69, 9.17) is 0 Å². The standard InChI is InChI=1S/C9H8F2N2O/c10-6-2-1-3-7(8(6)11)13-5-4-12-9(13)14/h1-3H,4-5H2,(H,12,14). The van der Waals surface area contributed by atoms with E-state index in [-0.39, 0.29) is 5.69 Å². The van der Waals surface area contributed by atoms with Crippen LogP contribution in [0.3, 0.4) is 0 Å². The van der Waals surface area contributed by atoms with E-state index in [9.17, 15) is 13.6 Å². The first-order valence-electron chi connectivity index (χ1n) is 4.19. The van der Waals surface area contributed by atoms with Gasteiger partial charge in [0.1, 0.15) is 0 Å². The van der Waals surface area contributed by atoms with Crippen molar-refractivity contribution in [3.8, 4) is 0 Å². The van der Waals surface area contributed by atoms with Gasteiger partial charge < -0.3 is 5.32 Å². The number of carbonyl (C=O) groups excluding carboxylic acids is 1. The molecular formula is C9H8F2N2O. The van der Waals surface area contributed by atoms with Crippen molar-refractivity contribution < 1.29 is 13.6 Å². The minimum absolute atomic E-state index is 0.0139. The number of rotatable bonds is 1. The Labute approximate surface area is 79.3 Å². The molecular weight excluding hydrogens is 190 g/mol. The maximum absolute atomic E-state index is 13.2. The molecule has 1 N–H and O–H groups in total. The molecule has 1 aliphatic rings. The van der Waals surface area contributed by atoms with Crippen LogP contribution in [0.25, 0.3) is 0 Å². The summed E-state index contributed by atoms with van der Waals surface area (Å²) in [5.41, 5.74) is -0.0139. The van der Waals surface area contributed by atoms with Gasteiger partial charge in [0.2, 0.25) is 0 Å². The lowest BCUT2D eigenvalue weighted by Crippen LogP contribution is -2.28. The summed E-state index contributed by atoms with van der Waals surface area (Å²) < 4.78 is 26.1. The van der Waals surface area contributed by atoms with Gasteiger partial charge in [-0.2, -0.15) is 0 Å². The molecule has 0 unspecified atom stereocenters. The summed E-state index contributed by atoms with van der Waals surface area (Å²) in [6, 6.07) is 3.38. The third-order valence-corrected chi connectivity index (χ3v) is 2.08. The molecule has 0 aliphatic carbocycles. The van der Waals surface area contributed by atoms with Gasteiger partial charge in [0.05, 0.1) is 5.69 Å². The number of urea groups is 1. The number of anilines is 1.